The maximum Gasteiger partial charge on any atom is 0.324 e. The van der Waals surface area contributed by atoms with Gasteiger partial charge in [-0.25, -0.2) is 14.3 Å². The van der Waals surface area contributed by atoms with Crippen molar-refractivity contribution in [2.75, 3.05) is 31.2 Å². The van der Waals surface area contributed by atoms with E-state index < -0.39 is 6.03 Å². The molecule has 0 aliphatic carbocycles. The SMILES string of the molecule is NC(=O)n1c(CCCc2ccccc2)nc2c(N3CCC4(CC3)COC4)cccc21. The van der Waals surface area contributed by atoms with Crippen LogP contribution >= 0.6 is 0 Å². The summed E-state index contributed by atoms with van der Waals surface area (Å²) in [7, 11) is 0. The number of ether oxygens (including phenoxy) is 1. The number of benzene rings is 2. The molecule has 2 aliphatic heterocycles. The molecule has 6 heteroatoms. The molecule has 2 aliphatic rings. The van der Waals surface area contributed by atoms with Gasteiger partial charge in [-0.15, -0.1) is 0 Å². The molecule has 0 atom stereocenters. The number of para-hydroxylation sites is 1. The Bertz CT molecular complexity index is 1050. The zero-order chi connectivity index (χ0) is 20.6. The van der Waals surface area contributed by atoms with Crippen LogP contribution < -0.4 is 10.6 Å². The number of aryl methyl sites for hydroxylation is 2. The normalized spacial score (nSPS) is 17.9. The number of rotatable bonds is 5. The number of anilines is 1. The van der Waals surface area contributed by atoms with E-state index in [1.54, 1.807) is 4.57 Å². The summed E-state index contributed by atoms with van der Waals surface area (Å²) >= 11 is 0. The third kappa shape index (κ3) is 3.45. The van der Waals surface area contributed by atoms with Gasteiger partial charge in [-0.3, -0.25) is 0 Å². The third-order valence-corrected chi connectivity index (χ3v) is 6.64. The number of nitrogens with zero attached hydrogens (tertiary/aromatic N) is 3. The van der Waals surface area contributed by atoms with Gasteiger partial charge in [0.1, 0.15) is 11.3 Å². The molecule has 2 aromatic carbocycles. The summed E-state index contributed by atoms with van der Waals surface area (Å²) in [5.74, 6) is 0.752. The average molecular weight is 405 g/mol. The molecule has 2 saturated heterocycles. The van der Waals surface area contributed by atoms with Gasteiger partial charge in [-0.05, 0) is 43.4 Å². The second-order valence-corrected chi connectivity index (χ2v) is 8.67. The molecule has 0 bridgehead atoms. The highest BCUT2D eigenvalue weighted by Gasteiger charge is 2.41. The van der Waals surface area contributed by atoms with Gasteiger partial charge in [0.15, 0.2) is 0 Å². The van der Waals surface area contributed by atoms with Crippen LogP contribution in [0.3, 0.4) is 0 Å². The summed E-state index contributed by atoms with van der Waals surface area (Å²) in [6.45, 7) is 3.78. The van der Waals surface area contributed by atoms with Crippen LogP contribution in [0.1, 0.15) is 30.7 Å². The molecule has 2 fully saturated rings. The maximum absolute atomic E-state index is 12.3. The highest BCUT2D eigenvalue weighted by molar-refractivity contribution is 5.95. The molecule has 0 unspecified atom stereocenters. The van der Waals surface area contributed by atoms with Crippen LogP contribution in [0, 0.1) is 5.41 Å². The van der Waals surface area contributed by atoms with Crippen LogP contribution in [0.5, 0.6) is 0 Å². The van der Waals surface area contributed by atoms with Crippen molar-refractivity contribution in [1.29, 1.82) is 0 Å². The standard InChI is InChI=1S/C24H28N4O2/c25-23(29)28-20-10-5-9-19(27-14-12-24(13-15-27)16-30-17-24)22(20)26-21(28)11-4-8-18-6-2-1-3-7-18/h1-3,5-7,9-10H,4,8,11-17H2,(H2,25,29). The van der Waals surface area contributed by atoms with Crippen LogP contribution in [-0.4, -0.2) is 41.9 Å². The second kappa shape index (κ2) is 7.76. The van der Waals surface area contributed by atoms with Crippen molar-refractivity contribution < 1.29 is 9.53 Å². The zero-order valence-electron chi connectivity index (χ0n) is 17.2. The van der Waals surface area contributed by atoms with Crippen molar-refractivity contribution in [2.45, 2.75) is 32.1 Å². The van der Waals surface area contributed by atoms with E-state index in [1.165, 1.54) is 5.56 Å². The van der Waals surface area contributed by atoms with Crippen molar-refractivity contribution >= 4 is 22.8 Å². The average Bonchev–Trinajstić information content (AvgIpc) is 3.12. The molecule has 30 heavy (non-hydrogen) atoms. The Kier molecular flexibility index (Phi) is 4.95. The second-order valence-electron chi connectivity index (χ2n) is 8.67. The smallest absolute Gasteiger partial charge is 0.324 e. The summed E-state index contributed by atoms with van der Waals surface area (Å²) in [5.41, 5.74) is 10.2. The molecule has 5 rings (SSSR count). The van der Waals surface area contributed by atoms with Crippen molar-refractivity contribution in [3.8, 4) is 0 Å². The van der Waals surface area contributed by atoms with Crippen molar-refractivity contribution in [2.24, 2.45) is 11.1 Å². The van der Waals surface area contributed by atoms with Crippen LogP contribution in [-0.2, 0) is 17.6 Å². The van der Waals surface area contributed by atoms with E-state index >= 15 is 0 Å². The summed E-state index contributed by atoms with van der Waals surface area (Å²) in [4.78, 5) is 19.6. The number of carbonyl (C=O) groups is 1. The number of piperidine rings is 1. The van der Waals surface area contributed by atoms with Crippen molar-refractivity contribution in [1.82, 2.24) is 9.55 Å². The van der Waals surface area contributed by atoms with Gasteiger partial charge in [0.05, 0.1) is 24.4 Å². The van der Waals surface area contributed by atoms with Gasteiger partial charge in [0.25, 0.3) is 0 Å². The molecular weight excluding hydrogens is 376 g/mol. The first kappa shape index (κ1) is 19.1. The predicted molar refractivity (Wildman–Crippen MR) is 118 cm³/mol. The Morgan fingerprint density at radius 2 is 1.80 bits per heavy atom. The molecule has 3 aromatic rings. The van der Waals surface area contributed by atoms with E-state index in [0.29, 0.717) is 11.8 Å². The lowest BCUT2D eigenvalue weighted by Gasteiger charge is -2.47. The van der Waals surface area contributed by atoms with E-state index in [-0.39, 0.29) is 0 Å². The van der Waals surface area contributed by atoms with Gasteiger partial charge in [0, 0.05) is 24.9 Å². The Balaban J connectivity index is 1.40. The topological polar surface area (TPSA) is 73.4 Å². The number of hydrogen-bond donors (Lipinski definition) is 1. The Labute approximate surface area is 176 Å². The number of amides is 1. The third-order valence-electron chi connectivity index (χ3n) is 6.64. The fraction of sp³-hybridized carbons (Fsp3) is 0.417. The van der Waals surface area contributed by atoms with E-state index in [4.69, 9.17) is 15.5 Å². The van der Waals surface area contributed by atoms with Crippen molar-refractivity contribution in [3.63, 3.8) is 0 Å². The largest absolute Gasteiger partial charge is 0.380 e. The number of imidazole rings is 1. The minimum Gasteiger partial charge on any atom is -0.380 e. The zero-order valence-corrected chi connectivity index (χ0v) is 17.2. The fourth-order valence-corrected chi connectivity index (χ4v) is 4.80. The first-order valence-electron chi connectivity index (χ1n) is 10.8. The highest BCUT2D eigenvalue weighted by Crippen LogP contribution is 2.40. The van der Waals surface area contributed by atoms with Crippen molar-refractivity contribution in [3.05, 3.63) is 59.9 Å². The quantitative estimate of drug-likeness (QED) is 0.703. The van der Waals surface area contributed by atoms with E-state index in [2.05, 4.69) is 35.2 Å². The van der Waals surface area contributed by atoms with Gasteiger partial charge in [-0.2, -0.15) is 0 Å². The molecule has 1 spiro atoms. The summed E-state index contributed by atoms with van der Waals surface area (Å²) in [5, 5.41) is 0. The van der Waals surface area contributed by atoms with Crippen LogP contribution in [0.2, 0.25) is 0 Å². The molecule has 0 radical (unpaired) electrons. The first-order chi connectivity index (χ1) is 14.7. The van der Waals surface area contributed by atoms with Gasteiger partial charge in [-0.1, -0.05) is 36.4 Å². The molecule has 0 saturated carbocycles. The lowest BCUT2D eigenvalue weighted by Crippen LogP contribution is -2.51. The summed E-state index contributed by atoms with van der Waals surface area (Å²) in [6.07, 6.45) is 4.87. The molecule has 1 aromatic heterocycles. The number of hydrogen-bond acceptors (Lipinski definition) is 4. The monoisotopic (exact) mass is 404 g/mol. The number of nitrogens with two attached hydrogens (primary N) is 1. The van der Waals surface area contributed by atoms with E-state index in [1.807, 2.05) is 18.2 Å². The lowest BCUT2D eigenvalue weighted by molar-refractivity contribution is -0.124. The number of aromatic nitrogens is 2. The number of fused-ring (bicyclic) bond motifs is 1. The Morgan fingerprint density at radius 1 is 1.03 bits per heavy atom. The number of carbonyl (C=O) groups excluding carboxylic acids is 1. The maximum atomic E-state index is 12.3. The van der Waals surface area contributed by atoms with Gasteiger partial charge >= 0.3 is 6.03 Å². The predicted octanol–water partition coefficient (Wildman–Crippen LogP) is 3.76. The summed E-state index contributed by atoms with van der Waals surface area (Å²) < 4.78 is 7.05. The molecule has 2 N–H and O–H groups in total. The minimum atomic E-state index is -0.464. The first-order valence-corrected chi connectivity index (χ1v) is 10.8. The molecule has 3 heterocycles. The molecular formula is C24H28N4O2. The Morgan fingerprint density at radius 3 is 2.47 bits per heavy atom. The molecule has 1 amide bonds. The Hall–Kier alpha value is -2.86. The number of primary amides is 1. The van der Waals surface area contributed by atoms with Gasteiger partial charge < -0.3 is 15.4 Å². The van der Waals surface area contributed by atoms with E-state index in [9.17, 15) is 4.79 Å². The van der Waals surface area contributed by atoms with E-state index in [0.717, 1.165) is 74.5 Å². The fourth-order valence-electron chi connectivity index (χ4n) is 4.80. The van der Waals surface area contributed by atoms with Gasteiger partial charge in [0.2, 0.25) is 0 Å². The van der Waals surface area contributed by atoms with Crippen LogP contribution in [0.15, 0.2) is 48.5 Å². The summed E-state index contributed by atoms with van der Waals surface area (Å²) in [6, 6.07) is 16.0. The van der Waals surface area contributed by atoms with Crippen LogP contribution in [0.25, 0.3) is 11.0 Å². The van der Waals surface area contributed by atoms with Crippen LogP contribution in [0.4, 0.5) is 10.5 Å². The highest BCUT2D eigenvalue weighted by atomic mass is 16.5. The molecule has 156 valence electrons. The molecule has 6 nitrogen and oxygen atoms in total. The lowest BCUT2D eigenvalue weighted by atomic mass is 9.77. The minimum absolute atomic E-state index is 0.388.